The lowest BCUT2D eigenvalue weighted by Crippen LogP contribution is -1.69. The summed E-state index contributed by atoms with van der Waals surface area (Å²) < 4.78 is 0.793. The quantitative estimate of drug-likeness (QED) is 0.502. The van der Waals surface area contributed by atoms with Gasteiger partial charge in [-0.2, -0.15) is 0 Å². The van der Waals surface area contributed by atoms with Crippen LogP contribution in [0.25, 0.3) is 0 Å². The van der Waals surface area contributed by atoms with E-state index in [1.54, 1.807) is 13.0 Å². The minimum Gasteiger partial charge on any atom is -0.115 e. The van der Waals surface area contributed by atoms with E-state index in [0.717, 1.165) is 10.1 Å². The van der Waals surface area contributed by atoms with Crippen LogP contribution in [-0.4, -0.2) is 0 Å². The summed E-state index contributed by atoms with van der Waals surface area (Å²) in [6.45, 7) is 7.17. The van der Waals surface area contributed by atoms with Crippen molar-refractivity contribution in [1.82, 2.24) is 0 Å². The summed E-state index contributed by atoms with van der Waals surface area (Å²) in [4.78, 5) is 0. The van der Waals surface area contributed by atoms with Gasteiger partial charge in [-0.3, -0.25) is 0 Å². The highest BCUT2D eigenvalue weighted by Gasteiger charge is 1.90. The van der Waals surface area contributed by atoms with E-state index >= 15 is 0 Å². The molecular formula is C9H9BrCl2. The molecule has 0 radical (unpaired) electrons. The summed E-state index contributed by atoms with van der Waals surface area (Å²) in [5.74, 6) is 0. The maximum Gasteiger partial charge on any atom is 0.0440 e. The van der Waals surface area contributed by atoms with Crippen LogP contribution in [0.4, 0.5) is 0 Å². The summed E-state index contributed by atoms with van der Waals surface area (Å²) in [7, 11) is 0. The lowest BCUT2D eigenvalue weighted by atomic mass is 10.3. The van der Waals surface area contributed by atoms with Crippen LogP contribution in [0.2, 0.25) is 0 Å². The molecule has 3 heteroatoms. The Hall–Kier alpha value is 0.0600. The molecule has 0 aromatic carbocycles. The second kappa shape index (κ2) is 5.66. The SMILES string of the molecule is C=C(Cl)C(C)=C=CC(Br)=C(C)Cl. The topological polar surface area (TPSA) is 0 Å². The normalized spacial score (nSPS) is 11.4. The Morgan fingerprint density at radius 3 is 2.25 bits per heavy atom. The molecule has 0 saturated heterocycles. The van der Waals surface area contributed by atoms with Crippen molar-refractivity contribution in [1.29, 1.82) is 0 Å². The Morgan fingerprint density at radius 2 is 1.92 bits per heavy atom. The zero-order valence-electron chi connectivity index (χ0n) is 6.92. The van der Waals surface area contributed by atoms with Crippen molar-refractivity contribution in [3.63, 3.8) is 0 Å². The van der Waals surface area contributed by atoms with Gasteiger partial charge in [-0.1, -0.05) is 29.8 Å². The first-order valence-corrected chi connectivity index (χ1v) is 4.80. The highest BCUT2D eigenvalue weighted by atomic mass is 79.9. The summed E-state index contributed by atoms with van der Waals surface area (Å²) in [6.07, 6.45) is 1.71. The molecule has 0 nitrogen and oxygen atoms in total. The molecule has 0 atom stereocenters. The largest absolute Gasteiger partial charge is 0.115 e. The number of halogens is 3. The molecule has 0 aromatic heterocycles. The monoisotopic (exact) mass is 266 g/mol. The minimum atomic E-state index is 0.485. The van der Waals surface area contributed by atoms with Crippen molar-refractivity contribution in [2.45, 2.75) is 13.8 Å². The van der Waals surface area contributed by atoms with Crippen LogP contribution in [0, 0.1) is 0 Å². The van der Waals surface area contributed by atoms with Crippen LogP contribution in [0.3, 0.4) is 0 Å². The fourth-order valence-corrected chi connectivity index (χ4v) is 0.573. The Kier molecular flexibility index (Phi) is 5.69. The number of hydrogen-bond donors (Lipinski definition) is 0. The van der Waals surface area contributed by atoms with Gasteiger partial charge in [0.25, 0.3) is 0 Å². The molecule has 0 unspecified atom stereocenters. The fraction of sp³-hybridized carbons (Fsp3) is 0.222. The van der Waals surface area contributed by atoms with Crippen LogP contribution >= 0.6 is 39.1 Å². The molecule has 0 spiro atoms. The molecule has 12 heavy (non-hydrogen) atoms. The van der Waals surface area contributed by atoms with E-state index in [1.807, 2.05) is 6.92 Å². The third kappa shape index (κ3) is 4.84. The molecule has 0 aromatic rings. The van der Waals surface area contributed by atoms with Gasteiger partial charge in [-0.05, 0) is 35.9 Å². The van der Waals surface area contributed by atoms with Gasteiger partial charge in [0, 0.05) is 20.1 Å². The maximum absolute atomic E-state index is 5.69. The lowest BCUT2D eigenvalue weighted by molar-refractivity contribution is 1.52. The first-order chi connectivity index (χ1) is 5.45. The zero-order valence-corrected chi connectivity index (χ0v) is 10.0. The van der Waals surface area contributed by atoms with Gasteiger partial charge in [-0.15, -0.1) is 5.73 Å². The van der Waals surface area contributed by atoms with Crippen molar-refractivity contribution >= 4 is 39.1 Å². The summed E-state index contributed by atoms with van der Waals surface area (Å²) >= 11 is 14.6. The summed E-state index contributed by atoms with van der Waals surface area (Å²) in [6, 6.07) is 0. The van der Waals surface area contributed by atoms with Crippen LogP contribution in [0.1, 0.15) is 13.8 Å². The smallest absolute Gasteiger partial charge is 0.0440 e. The molecule has 0 aliphatic rings. The van der Waals surface area contributed by atoms with E-state index < -0.39 is 0 Å². The standard InChI is InChI=1S/C9H9BrCl2/c1-6(7(2)11)4-5-9(10)8(3)12/h5H,2H2,1,3H3. The first kappa shape index (κ1) is 12.1. The third-order valence-corrected chi connectivity index (χ3v) is 2.69. The zero-order chi connectivity index (χ0) is 9.72. The molecule has 0 amide bonds. The molecule has 0 rings (SSSR count). The van der Waals surface area contributed by atoms with Gasteiger partial charge in [-0.25, -0.2) is 0 Å². The molecule has 66 valence electrons. The molecule has 0 fully saturated rings. The molecular weight excluding hydrogens is 259 g/mol. The Morgan fingerprint density at radius 1 is 1.42 bits per heavy atom. The second-order valence-electron chi connectivity index (χ2n) is 2.20. The first-order valence-electron chi connectivity index (χ1n) is 3.25. The van der Waals surface area contributed by atoms with Crippen LogP contribution in [-0.2, 0) is 0 Å². The van der Waals surface area contributed by atoms with E-state index in [2.05, 4.69) is 28.2 Å². The van der Waals surface area contributed by atoms with Crippen LogP contribution < -0.4 is 0 Å². The van der Waals surface area contributed by atoms with E-state index in [9.17, 15) is 0 Å². The average Bonchev–Trinajstić information content (AvgIpc) is 1.98. The Labute approximate surface area is 91.4 Å². The van der Waals surface area contributed by atoms with Crippen LogP contribution in [0.5, 0.6) is 0 Å². The fourth-order valence-electron chi connectivity index (χ4n) is 0.349. The number of allylic oxidation sites excluding steroid dienone is 4. The van der Waals surface area contributed by atoms with Gasteiger partial charge in [0.05, 0.1) is 0 Å². The highest BCUT2D eigenvalue weighted by Crippen LogP contribution is 2.17. The van der Waals surface area contributed by atoms with Gasteiger partial charge in [0.1, 0.15) is 0 Å². The van der Waals surface area contributed by atoms with E-state index in [-0.39, 0.29) is 0 Å². The van der Waals surface area contributed by atoms with Gasteiger partial charge >= 0.3 is 0 Å². The van der Waals surface area contributed by atoms with E-state index in [4.69, 9.17) is 23.2 Å². The van der Waals surface area contributed by atoms with Crippen molar-refractivity contribution in [2.75, 3.05) is 0 Å². The minimum absolute atomic E-state index is 0.485. The molecule has 0 N–H and O–H groups in total. The van der Waals surface area contributed by atoms with Gasteiger partial charge in [0.15, 0.2) is 0 Å². The maximum atomic E-state index is 5.69. The van der Waals surface area contributed by atoms with Crippen LogP contribution in [0.15, 0.2) is 38.5 Å². The Balaban J connectivity index is 4.76. The highest BCUT2D eigenvalue weighted by molar-refractivity contribution is 9.12. The molecule has 0 heterocycles. The predicted molar refractivity (Wildman–Crippen MR) is 59.7 cm³/mol. The Bertz CT molecular complexity index is 277. The van der Waals surface area contributed by atoms with E-state index in [1.165, 1.54) is 0 Å². The molecule has 0 bridgehead atoms. The predicted octanol–water partition coefficient (Wildman–Crippen LogP) is 4.71. The van der Waals surface area contributed by atoms with Gasteiger partial charge in [0.2, 0.25) is 0 Å². The average molecular weight is 268 g/mol. The summed E-state index contributed by atoms with van der Waals surface area (Å²) in [5.41, 5.74) is 3.73. The number of hydrogen-bond acceptors (Lipinski definition) is 0. The third-order valence-electron chi connectivity index (χ3n) is 1.15. The van der Waals surface area contributed by atoms with Crippen molar-refractivity contribution < 1.29 is 0 Å². The molecule has 0 saturated carbocycles. The number of rotatable bonds is 2. The van der Waals surface area contributed by atoms with Crippen molar-refractivity contribution in [2.24, 2.45) is 0 Å². The second-order valence-corrected chi connectivity index (χ2v) is 4.08. The van der Waals surface area contributed by atoms with E-state index in [0.29, 0.717) is 10.1 Å². The molecule has 0 aliphatic carbocycles. The summed E-state index contributed by atoms with van der Waals surface area (Å²) in [5, 5.41) is 1.16. The van der Waals surface area contributed by atoms with Crippen molar-refractivity contribution in [3.8, 4) is 0 Å². The van der Waals surface area contributed by atoms with Gasteiger partial charge < -0.3 is 0 Å². The molecule has 0 aliphatic heterocycles. The lowest BCUT2D eigenvalue weighted by Gasteiger charge is -1.90. The van der Waals surface area contributed by atoms with Crippen molar-refractivity contribution in [3.05, 3.63) is 38.5 Å².